The summed E-state index contributed by atoms with van der Waals surface area (Å²) >= 11 is 0. The van der Waals surface area contributed by atoms with Crippen molar-refractivity contribution in [3.8, 4) is 0 Å². The highest BCUT2D eigenvalue weighted by atomic mass is 16.5. The van der Waals surface area contributed by atoms with Gasteiger partial charge in [-0.15, -0.1) is 0 Å². The Bertz CT molecular complexity index is 217. The van der Waals surface area contributed by atoms with Gasteiger partial charge >= 0.3 is 5.97 Å². The molecule has 0 aromatic heterocycles. The Hall–Kier alpha value is -0.610. The average Bonchev–Trinajstić information content (AvgIpc) is 2.45. The van der Waals surface area contributed by atoms with E-state index in [9.17, 15) is 4.79 Å². The second-order valence-corrected chi connectivity index (χ2v) is 4.05. The van der Waals surface area contributed by atoms with Crippen molar-refractivity contribution in [3.05, 3.63) is 0 Å². The lowest BCUT2D eigenvalue weighted by atomic mass is 9.87. The number of nitrogens with one attached hydrogen (secondary N) is 1. The number of piperidine rings is 1. The van der Waals surface area contributed by atoms with Crippen LogP contribution in [-0.4, -0.2) is 35.9 Å². The number of rotatable bonds is 2. The second kappa shape index (κ2) is 2.96. The number of aliphatic carboxylic acids is 1. The van der Waals surface area contributed by atoms with E-state index < -0.39 is 11.6 Å². The van der Waals surface area contributed by atoms with Crippen LogP contribution in [0.1, 0.15) is 25.7 Å². The van der Waals surface area contributed by atoms with Crippen LogP contribution >= 0.6 is 0 Å². The molecule has 0 saturated carbocycles. The van der Waals surface area contributed by atoms with Gasteiger partial charge in [0.1, 0.15) is 0 Å². The molecular weight excluding hydrogens is 170 g/mol. The molecule has 0 aromatic rings. The molecular formula is C9H15NO3. The van der Waals surface area contributed by atoms with Gasteiger partial charge in [-0.1, -0.05) is 0 Å². The van der Waals surface area contributed by atoms with Gasteiger partial charge in [-0.2, -0.15) is 0 Å². The molecule has 0 amide bonds. The molecule has 0 aliphatic carbocycles. The predicted octanol–water partition coefficient (Wildman–Crippen LogP) is 0.371. The fourth-order valence-corrected chi connectivity index (χ4v) is 2.53. The molecule has 13 heavy (non-hydrogen) atoms. The number of fused-ring (bicyclic) bond motifs is 2. The van der Waals surface area contributed by atoms with E-state index in [1.165, 1.54) is 7.11 Å². The maximum Gasteiger partial charge on any atom is 0.336 e. The maximum atomic E-state index is 11.1. The van der Waals surface area contributed by atoms with E-state index in [4.69, 9.17) is 9.84 Å². The molecule has 0 spiro atoms. The van der Waals surface area contributed by atoms with Gasteiger partial charge in [0, 0.05) is 32.0 Å². The summed E-state index contributed by atoms with van der Waals surface area (Å²) in [5.41, 5.74) is -0.920. The minimum atomic E-state index is -0.920. The number of carboxylic acid groups (broad SMARTS) is 1. The van der Waals surface area contributed by atoms with Crippen molar-refractivity contribution in [2.75, 3.05) is 7.11 Å². The summed E-state index contributed by atoms with van der Waals surface area (Å²) in [6.45, 7) is 0. The van der Waals surface area contributed by atoms with Crippen LogP contribution < -0.4 is 5.32 Å². The first kappa shape index (κ1) is 8.97. The average molecular weight is 185 g/mol. The van der Waals surface area contributed by atoms with E-state index in [1.807, 2.05) is 0 Å². The SMILES string of the molecule is COC1(C(=O)O)CC2CCC(C1)N2. The first-order chi connectivity index (χ1) is 6.16. The van der Waals surface area contributed by atoms with Crippen molar-refractivity contribution in [2.45, 2.75) is 43.4 Å². The monoisotopic (exact) mass is 185 g/mol. The van der Waals surface area contributed by atoms with E-state index >= 15 is 0 Å². The summed E-state index contributed by atoms with van der Waals surface area (Å²) < 4.78 is 5.18. The zero-order valence-electron chi connectivity index (χ0n) is 7.75. The van der Waals surface area contributed by atoms with Crippen LogP contribution in [0, 0.1) is 0 Å². The molecule has 4 heteroatoms. The topological polar surface area (TPSA) is 58.6 Å². The molecule has 2 N–H and O–H groups in total. The number of carbonyl (C=O) groups is 1. The standard InChI is InChI=1S/C9H15NO3/c1-13-9(8(11)12)4-6-2-3-7(5-9)10-6/h6-7,10H,2-5H2,1H3,(H,11,12). The third-order valence-corrected chi connectivity index (χ3v) is 3.27. The third-order valence-electron chi connectivity index (χ3n) is 3.27. The second-order valence-electron chi connectivity index (χ2n) is 4.05. The Morgan fingerprint density at radius 2 is 2.00 bits per heavy atom. The quantitative estimate of drug-likeness (QED) is 0.652. The summed E-state index contributed by atoms with van der Waals surface area (Å²) in [4.78, 5) is 11.1. The molecule has 2 fully saturated rings. The van der Waals surface area contributed by atoms with Crippen molar-refractivity contribution in [3.63, 3.8) is 0 Å². The lowest BCUT2D eigenvalue weighted by Crippen LogP contribution is -2.53. The van der Waals surface area contributed by atoms with Gasteiger partial charge in [0.05, 0.1) is 0 Å². The fourth-order valence-electron chi connectivity index (χ4n) is 2.53. The minimum absolute atomic E-state index is 0.342. The number of hydrogen-bond acceptors (Lipinski definition) is 3. The van der Waals surface area contributed by atoms with Crippen molar-refractivity contribution >= 4 is 5.97 Å². The van der Waals surface area contributed by atoms with Crippen LogP contribution in [-0.2, 0) is 9.53 Å². The third kappa shape index (κ3) is 1.34. The fraction of sp³-hybridized carbons (Fsp3) is 0.889. The minimum Gasteiger partial charge on any atom is -0.479 e. The van der Waals surface area contributed by atoms with Gasteiger partial charge in [-0.25, -0.2) is 4.79 Å². The molecule has 74 valence electrons. The van der Waals surface area contributed by atoms with Gasteiger partial charge in [-0.3, -0.25) is 0 Å². The molecule has 2 atom stereocenters. The van der Waals surface area contributed by atoms with Crippen molar-refractivity contribution < 1.29 is 14.6 Å². The summed E-state index contributed by atoms with van der Waals surface area (Å²) in [5, 5.41) is 12.5. The molecule has 2 unspecified atom stereocenters. The highest BCUT2D eigenvalue weighted by Gasteiger charge is 2.49. The predicted molar refractivity (Wildman–Crippen MR) is 46.6 cm³/mol. The van der Waals surface area contributed by atoms with Gasteiger partial charge in [0.2, 0.25) is 0 Å². The van der Waals surface area contributed by atoms with E-state index in [-0.39, 0.29) is 0 Å². The number of ether oxygens (including phenoxy) is 1. The molecule has 0 aromatic carbocycles. The molecule has 2 saturated heterocycles. The van der Waals surface area contributed by atoms with Crippen molar-refractivity contribution in [1.82, 2.24) is 5.32 Å². The summed E-state index contributed by atoms with van der Waals surface area (Å²) in [7, 11) is 1.50. The molecule has 2 aliphatic rings. The number of carboxylic acids is 1. The van der Waals surface area contributed by atoms with E-state index in [0.717, 1.165) is 12.8 Å². The molecule has 2 heterocycles. The van der Waals surface area contributed by atoms with Crippen LogP contribution in [0.15, 0.2) is 0 Å². The lowest BCUT2D eigenvalue weighted by Gasteiger charge is -2.36. The maximum absolute atomic E-state index is 11.1. The molecule has 2 bridgehead atoms. The van der Waals surface area contributed by atoms with Crippen LogP contribution in [0.3, 0.4) is 0 Å². The Morgan fingerprint density at radius 3 is 2.38 bits per heavy atom. The van der Waals surface area contributed by atoms with Crippen LogP contribution in [0.4, 0.5) is 0 Å². The lowest BCUT2D eigenvalue weighted by molar-refractivity contribution is -0.167. The van der Waals surface area contributed by atoms with Crippen molar-refractivity contribution in [2.24, 2.45) is 0 Å². The molecule has 2 rings (SSSR count). The first-order valence-electron chi connectivity index (χ1n) is 4.71. The Morgan fingerprint density at radius 1 is 1.46 bits per heavy atom. The molecule has 2 aliphatic heterocycles. The smallest absolute Gasteiger partial charge is 0.336 e. The Labute approximate surface area is 77.3 Å². The van der Waals surface area contributed by atoms with Crippen LogP contribution in [0.2, 0.25) is 0 Å². The van der Waals surface area contributed by atoms with E-state index in [2.05, 4.69) is 5.32 Å². The zero-order chi connectivity index (χ0) is 9.47. The first-order valence-corrected chi connectivity index (χ1v) is 4.71. The molecule has 4 nitrogen and oxygen atoms in total. The van der Waals surface area contributed by atoms with Gasteiger partial charge in [0.25, 0.3) is 0 Å². The Kier molecular flexibility index (Phi) is 2.04. The summed E-state index contributed by atoms with van der Waals surface area (Å²) in [5.74, 6) is -0.812. The highest BCUT2D eigenvalue weighted by Crippen LogP contribution is 2.36. The van der Waals surface area contributed by atoms with Gasteiger partial charge < -0.3 is 15.2 Å². The molecule has 0 radical (unpaired) electrons. The highest BCUT2D eigenvalue weighted by molar-refractivity contribution is 5.78. The van der Waals surface area contributed by atoms with Gasteiger partial charge in [-0.05, 0) is 12.8 Å². The van der Waals surface area contributed by atoms with Crippen molar-refractivity contribution in [1.29, 1.82) is 0 Å². The Balaban J connectivity index is 2.18. The number of methoxy groups -OCH3 is 1. The van der Waals surface area contributed by atoms with E-state index in [0.29, 0.717) is 24.9 Å². The number of hydrogen-bond donors (Lipinski definition) is 2. The zero-order valence-corrected chi connectivity index (χ0v) is 7.75. The van der Waals surface area contributed by atoms with Crippen LogP contribution in [0.25, 0.3) is 0 Å². The van der Waals surface area contributed by atoms with Crippen LogP contribution in [0.5, 0.6) is 0 Å². The van der Waals surface area contributed by atoms with E-state index in [1.54, 1.807) is 0 Å². The largest absolute Gasteiger partial charge is 0.479 e. The van der Waals surface area contributed by atoms with Gasteiger partial charge in [0.15, 0.2) is 5.60 Å². The summed E-state index contributed by atoms with van der Waals surface area (Å²) in [6, 6.07) is 0.685. The summed E-state index contributed by atoms with van der Waals surface area (Å²) in [6.07, 6.45) is 3.39. The normalized spacial score (nSPS) is 43.5.